The second-order valence-corrected chi connectivity index (χ2v) is 12.4. The Labute approximate surface area is 292 Å². The van der Waals surface area contributed by atoms with Gasteiger partial charge in [0.2, 0.25) is 6.79 Å². The zero-order valence-corrected chi connectivity index (χ0v) is 27.7. The van der Waals surface area contributed by atoms with Crippen LogP contribution in [0.4, 0.5) is 5.69 Å². The fraction of sp³-hybridized carbons (Fsp3) is 0.263. The van der Waals surface area contributed by atoms with E-state index < -0.39 is 40.6 Å². The van der Waals surface area contributed by atoms with Gasteiger partial charge < -0.3 is 39.2 Å². The quantitative estimate of drug-likeness (QED) is 0.0692. The number of hydrogen-bond donors (Lipinski definition) is 3. The van der Waals surface area contributed by atoms with Gasteiger partial charge in [0.05, 0.1) is 50.9 Å². The molecule has 1 aliphatic carbocycles. The van der Waals surface area contributed by atoms with Gasteiger partial charge in [0.15, 0.2) is 23.0 Å². The fourth-order valence-corrected chi connectivity index (χ4v) is 7.38. The van der Waals surface area contributed by atoms with E-state index in [4.69, 9.17) is 23.7 Å². The Balaban J connectivity index is 1.36. The highest BCUT2D eigenvalue weighted by Gasteiger charge is 2.53. The van der Waals surface area contributed by atoms with Gasteiger partial charge in [0.1, 0.15) is 0 Å². The van der Waals surface area contributed by atoms with Crippen LogP contribution in [-0.2, 0) is 27.5 Å². The van der Waals surface area contributed by atoms with Crippen LogP contribution >= 0.6 is 0 Å². The number of methoxy groups -OCH3 is 2. The van der Waals surface area contributed by atoms with Crippen molar-refractivity contribution >= 4 is 29.2 Å². The standard InChI is InChI=1S/C38H34N2O11/c1-47-32-13-22(12-23(17-42)36(32)48-2)33-26-14-30-31(51-19-50-30)15-27(26)35(29-18-49-38(44)34(29)33)39-37(43)28(25-6-4-3-5-21(25)16-41)11-20-7-9-24(10-8-20)40(45)46/h3-15,29,33-35,41-42H,16-19H2,1-2H3,(H,39,43)/b28-11+/t29-,33+,34-,35+/m0/s1. The van der Waals surface area contributed by atoms with Crippen LogP contribution in [0.15, 0.2) is 72.8 Å². The Morgan fingerprint density at radius 2 is 1.65 bits per heavy atom. The van der Waals surface area contributed by atoms with Gasteiger partial charge in [0, 0.05) is 35.1 Å². The molecule has 2 heterocycles. The Hall–Kier alpha value is -5.92. The monoisotopic (exact) mass is 694 g/mol. The predicted octanol–water partition coefficient (Wildman–Crippen LogP) is 4.66. The lowest BCUT2D eigenvalue weighted by Crippen LogP contribution is -2.43. The first-order valence-electron chi connectivity index (χ1n) is 16.2. The summed E-state index contributed by atoms with van der Waals surface area (Å²) in [5.74, 6) is -1.11. The van der Waals surface area contributed by atoms with Crippen molar-refractivity contribution in [2.45, 2.75) is 25.2 Å². The maximum absolute atomic E-state index is 14.6. The number of nitrogens with one attached hydrogen (secondary N) is 1. The molecule has 7 rings (SSSR count). The number of non-ortho nitro benzene ring substituents is 1. The number of amides is 1. The number of nitrogens with zero attached hydrogens (tertiary/aromatic N) is 1. The van der Waals surface area contributed by atoms with Crippen LogP contribution in [0.1, 0.15) is 50.9 Å². The summed E-state index contributed by atoms with van der Waals surface area (Å²) >= 11 is 0. The first kappa shape index (κ1) is 33.6. The maximum atomic E-state index is 14.6. The van der Waals surface area contributed by atoms with E-state index in [0.717, 1.165) is 0 Å². The Kier molecular flexibility index (Phi) is 9.06. The fourth-order valence-electron chi connectivity index (χ4n) is 7.38. The normalized spacial score (nSPS) is 20.2. The van der Waals surface area contributed by atoms with Crippen LogP contribution in [0.5, 0.6) is 23.0 Å². The number of nitro groups is 1. The van der Waals surface area contributed by atoms with Crippen molar-refractivity contribution in [3.8, 4) is 23.0 Å². The number of fused-ring (bicyclic) bond motifs is 3. The molecule has 0 aromatic heterocycles. The number of carbonyl (C=O) groups is 2. The van der Waals surface area contributed by atoms with Crippen LogP contribution < -0.4 is 24.3 Å². The van der Waals surface area contributed by atoms with Crippen LogP contribution in [0.25, 0.3) is 11.6 Å². The Morgan fingerprint density at radius 1 is 0.941 bits per heavy atom. The summed E-state index contributed by atoms with van der Waals surface area (Å²) in [6.45, 7) is -0.662. The van der Waals surface area contributed by atoms with Gasteiger partial charge >= 0.3 is 5.97 Å². The first-order valence-corrected chi connectivity index (χ1v) is 16.2. The molecule has 51 heavy (non-hydrogen) atoms. The SMILES string of the molecule is COc1cc([C@@H]2c3cc4c(cc3[C@@H](NC(=O)/C(=C/c3ccc([N+](=O)[O-])cc3)c3ccccc3CO)[C@H]3COC(=O)[C@H]23)OCO4)cc(CO)c1OC. The number of esters is 1. The van der Waals surface area contributed by atoms with Gasteiger partial charge in [-0.3, -0.25) is 19.7 Å². The number of aliphatic hydroxyl groups excluding tert-OH is 2. The molecular formula is C38H34N2O11. The van der Waals surface area contributed by atoms with Gasteiger partial charge in [-0.1, -0.05) is 24.3 Å². The van der Waals surface area contributed by atoms with Crippen molar-refractivity contribution in [3.05, 3.63) is 122 Å². The van der Waals surface area contributed by atoms with E-state index in [1.807, 2.05) is 12.1 Å². The molecule has 4 aromatic carbocycles. The predicted molar refractivity (Wildman–Crippen MR) is 182 cm³/mol. The van der Waals surface area contributed by atoms with Crippen molar-refractivity contribution in [2.75, 3.05) is 27.6 Å². The van der Waals surface area contributed by atoms with Gasteiger partial charge in [-0.05, 0) is 75.9 Å². The number of rotatable bonds is 10. The molecule has 1 amide bonds. The molecule has 0 spiro atoms. The molecule has 3 N–H and O–H groups in total. The zero-order chi connectivity index (χ0) is 35.8. The highest BCUT2D eigenvalue weighted by atomic mass is 16.7. The molecule has 4 atom stereocenters. The lowest BCUT2D eigenvalue weighted by Gasteiger charge is -2.39. The summed E-state index contributed by atoms with van der Waals surface area (Å²) in [7, 11) is 2.97. The van der Waals surface area contributed by atoms with Gasteiger partial charge in [0.25, 0.3) is 11.6 Å². The smallest absolute Gasteiger partial charge is 0.310 e. The van der Waals surface area contributed by atoms with Crippen molar-refractivity contribution in [1.29, 1.82) is 0 Å². The van der Waals surface area contributed by atoms with E-state index in [1.165, 1.54) is 38.5 Å². The van der Waals surface area contributed by atoms with E-state index in [1.54, 1.807) is 42.5 Å². The maximum Gasteiger partial charge on any atom is 0.310 e. The molecular weight excluding hydrogens is 660 g/mol. The van der Waals surface area contributed by atoms with Crippen LogP contribution in [0.3, 0.4) is 0 Å². The molecule has 2 aliphatic heterocycles. The summed E-state index contributed by atoms with van der Waals surface area (Å²) in [4.78, 5) is 39.0. The Bertz CT molecular complexity index is 2030. The van der Waals surface area contributed by atoms with E-state index in [2.05, 4.69) is 5.32 Å². The van der Waals surface area contributed by atoms with Gasteiger partial charge in [-0.25, -0.2) is 0 Å². The highest BCUT2D eigenvalue weighted by Crippen LogP contribution is 2.55. The molecule has 0 radical (unpaired) electrons. The van der Waals surface area contributed by atoms with E-state index in [9.17, 15) is 29.9 Å². The minimum absolute atomic E-state index is 0.0000949. The van der Waals surface area contributed by atoms with Crippen LogP contribution in [0.2, 0.25) is 0 Å². The summed E-state index contributed by atoms with van der Waals surface area (Å²) < 4.78 is 28.4. The van der Waals surface area contributed by atoms with Crippen LogP contribution in [-0.4, -0.2) is 54.6 Å². The van der Waals surface area contributed by atoms with Crippen molar-refractivity contribution in [3.63, 3.8) is 0 Å². The topological polar surface area (TPSA) is 176 Å². The van der Waals surface area contributed by atoms with Gasteiger partial charge in [-0.2, -0.15) is 0 Å². The van der Waals surface area contributed by atoms with Crippen LogP contribution in [0, 0.1) is 22.0 Å². The summed E-state index contributed by atoms with van der Waals surface area (Å²) in [5.41, 5.74) is 4.11. The average Bonchev–Trinajstić information content (AvgIpc) is 3.78. The molecule has 0 saturated carbocycles. The molecule has 3 aliphatic rings. The minimum Gasteiger partial charge on any atom is -0.493 e. The Morgan fingerprint density at radius 3 is 2.31 bits per heavy atom. The number of benzene rings is 4. The number of hydrogen-bond acceptors (Lipinski definition) is 11. The molecule has 1 fully saturated rings. The number of carbonyl (C=O) groups excluding carboxylic acids is 2. The number of nitro benzene ring substituents is 1. The average molecular weight is 695 g/mol. The third kappa shape index (κ3) is 6.00. The summed E-state index contributed by atoms with van der Waals surface area (Å²) in [6, 6.07) is 19.1. The number of cyclic esters (lactones) is 1. The largest absolute Gasteiger partial charge is 0.493 e. The number of aliphatic hydroxyl groups is 2. The van der Waals surface area contributed by atoms with Gasteiger partial charge in [-0.15, -0.1) is 0 Å². The minimum atomic E-state index is -0.750. The first-order chi connectivity index (χ1) is 24.8. The molecule has 13 nitrogen and oxygen atoms in total. The van der Waals surface area contributed by atoms with Crippen molar-refractivity contribution in [2.24, 2.45) is 11.8 Å². The number of ether oxygens (including phenoxy) is 5. The second-order valence-electron chi connectivity index (χ2n) is 12.4. The second kappa shape index (κ2) is 13.8. The third-order valence-electron chi connectivity index (χ3n) is 9.72. The lowest BCUT2D eigenvalue weighted by atomic mass is 9.65. The highest BCUT2D eigenvalue weighted by molar-refractivity contribution is 6.24. The third-order valence-corrected chi connectivity index (χ3v) is 9.72. The lowest BCUT2D eigenvalue weighted by molar-refractivity contribution is -0.384. The summed E-state index contributed by atoms with van der Waals surface area (Å²) in [6.07, 6.45) is 1.60. The molecule has 0 bridgehead atoms. The van der Waals surface area contributed by atoms with Crippen molar-refractivity contribution in [1.82, 2.24) is 5.32 Å². The van der Waals surface area contributed by atoms with E-state index in [0.29, 0.717) is 61.9 Å². The summed E-state index contributed by atoms with van der Waals surface area (Å²) in [5, 5.41) is 34.9. The van der Waals surface area contributed by atoms with E-state index >= 15 is 0 Å². The molecule has 4 aromatic rings. The van der Waals surface area contributed by atoms with Crippen molar-refractivity contribution < 1.29 is 48.4 Å². The molecule has 1 saturated heterocycles. The molecule has 13 heteroatoms. The zero-order valence-electron chi connectivity index (χ0n) is 27.7. The molecule has 0 unspecified atom stereocenters. The van der Waals surface area contributed by atoms with E-state index in [-0.39, 0.29) is 37.9 Å². The molecule has 262 valence electrons.